The van der Waals surface area contributed by atoms with Crippen LogP contribution in [0.2, 0.25) is 5.02 Å². The van der Waals surface area contributed by atoms with E-state index < -0.39 is 11.7 Å². The summed E-state index contributed by atoms with van der Waals surface area (Å²) in [4.78, 5) is 0. The van der Waals surface area contributed by atoms with Crippen LogP contribution in [0.3, 0.4) is 0 Å². The van der Waals surface area contributed by atoms with E-state index >= 15 is 0 Å². The van der Waals surface area contributed by atoms with Crippen LogP contribution in [-0.4, -0.2) is 4.57 Å². The van der Waals surface area contributed by atoms with Crippen molar-refractivity contribution in [1.29, 1.82) is 0 Å². The number of aromatic nitrogens is 2. The minimum Gasteiger partial charge on any atom is -0.228 e. The average Bonchev–Trinajstić information content (AvgIpc) is 2.57. The molecule has 0 amide bonds. The van der Waals surface area contributed by atoms with Gasteiger partial charge in [-0.25, -0.2) is 9.13 Å². The molecule has 19 heavy (non-hydrogen) atoms. The number of halogens is 4. The van der Waals surface area contributed by atoms with Gasteiger partial charge < -0.3 is 0 Å². The van der Waals surface area contributed by atoms with Crippen LogP contribution in [0.1, 0.15) is 25.2 Å². The van der Waals surface area contributed by atoms with E-state index in [-0.39, 0.29) is 5.02 Å². The number of fused-ring (bicyclic) bond motifs is 1. The number of benzene rings is 1. The fourth-order valence-corrected chi connectivity index (χ4v) is 2.76. The van der Waals surface area contributed by atoms with Gasteiger partial charge in [-0.3, -0.25) is 0 Å². The highest BCUT2D eigenvalue weighted by molar-refractivity contribution is 6.32. The number of aryl methyl sites for hydroxylation is 2. The zero-order valence-corrected chi connectivity index (χ0v) is 11.7. The molecule has 1 aromatic heterocycles. The SMILES string of the molecule is CCn1c(C)[n+](CC)c2cc(Cl)c(C(F)(F)F)cc21. The van der Waals surface area contributed by atoms with Crippen molar-refractivity contribution in [1.82, 2.24) is 4.57 Å². The third-order valence-electron chi connectivity index (χ3n) is 3.36. The van der Waals surface area contributed by atoms with Gasteiger partial charge in [-0.1, -0.05) is 11.6 Å². The maximum Gasteiger partial charge on any atom is 0.418 e. The molecule has 0 saturated heterocycles. The van der Waals surface area contributed by atoms with E-state index in [2.05, 4.69) is 0 Å². The van der Waals surface area contributed by atoms with Crippen molar-refractivity contribution in [3.05, 3.63) is 28.5 Å². The third kappa shape index (κ3) is 2.20. The fraction of sp³-hybridized carbons (Fsp3) is 0.462. The van der Waals surface area contributed by atoms with Crippen molar-refractivity contribution in [2.45, 2.75) is 40.0 Å². The summed E-state index contributed by atoms with van der Waals surface area (Å²) in [5.74, 6) is 0.926. The van der Waals surface area contributed by atoms with Gasteiger partial charge in [0, 0.05) is 19.1 Å². The van der Waals surface area contributed by atoms with E-state index in [0.29, 0.717) is 18.6 Å². The lowest BCUT2D eigenvalue weighted by molar-refractivity contribution is -0.674. The zero-order valence-electron chi connectivity index (χ0n) is 11.0. The first-order chi connectivity index (χ1) is 8.81. The minimum absolute atomic E-state index is 0.254. The van der Waals surface area contributed by atoms with Crippen LogP contribution in [0, 0.1) is 6.92 Å². The first-order valence-corrected chi connectivity index (χ1v) is 6.48. The smallest absolute Gasteiger partial charge is 0.228 e. The lowest BCUT2D eigenvalue weighted by atomic mass is 10.2. The quantitative estimate of drug-likeness (QED) is 0.741. The van der Waals surface area contributed by atoms with Crippen LogP contribution in [0.5, 0.6) is 0 Å². The van der Waals surface area contributed by atoms with E-state index in [1.54, 1.807) is 0 Å². The molecule has 0 aliphatic rings. The summed E-state index contributed by atoms with van der Waals surface area (Å²) in [6.45, 7) is 7.08. The Balaban J connectivity index is 2.86. The monoisotopic (exact) mass is 291 g/mol. The van der Waals surface area contributed by atoms with Gasteiger partial charge in [0.2, 0.25) is 0 Å². The topological polar surface area (TPSA) is 8.81 Å². The number of rotatable bonds is 2. The standard InChI is InChI=1S/C13H15ClF3N2/c1-4-18-8(3)19(5-2)12-7-10(14)9(6-11(12)18)13(15,16)17/h6-7H,4-5H2,1-3H3/q+1. The molecule has 0 radical (unpaired) electrons. The summed E-state index contributed by atoms with van der Waals surface area (Å²) in [7, 11) is 0. The molecule has 1 aromatic carbocycles. The molecule has 2 aromatic rings. The number of hydrogen-bond donors (Lipinski definition) is 0. The molecule has 2 nitrogen and oxygen atoms in total. The first kappa shape index (κ1) is 14.2. The molecule has 1 heterocycles. The van der Waals surface area contributed by atoms with Crippen molar-refractivity contribution in [2.24, 2.45) is 0 Å². The Hall–Kier alpha value is -1.23. The molecular formula is C13H15ClF3N2+. The number of imidazole rings is 1. The van der Waals surface area contributed by atoms with Crippen molar-refractivity contribution >= 4 is 22.6 Å². The van der Waals surface area contributed by atoms with E-state index in [9.17, 15) is 13.2 Å². The van der Waals surface area contributed by atoms with Crippen LogP contribution in [0.4, 0.5) is 13.2 Å². The van der Waals surface area contributed by atoms with Crippen LogP contribution in [0.15, 0.2) is 12.1 Å². The number of nitrogens with zero attached hydrogens (tertiary/aromatic N) is 2. The van der Waals surface area contributed by atoms with Gasteiger partial charge in [0.05, 0.1) is 23.7 Å². The number of hydrogen-bond acceptors (Lipinski definition) is 0. The van der Waals surface area contributed by atoms with Gasteiger partial charge in [-0.2, -0.15) is 13.2 Å². The van der Waals surface area contributed by atoms with Crippen molar-refractivity contribution < 1.29 is 17.7 Å². The van der Waals surface area contributed by atoms with Crippen LogP contribution in [0.25, 0.3) is 11.0 Å². The average molecular weight is 292 g/mol. The molecular weight excluding hydrogens is 277 g/mol. The third-order valence-corrected chi connectivity index (χ3v) is 3.68. The highest BCUT2D eigenvalue weighted by atomic mass is 35.5. The summed E-state index contributed by atoms with van der Waals surface area (Å²) in [5, 5.41) is -0.254. The summed E-state index contributed by atoms with van der Waals surface area (Å²) >= 11 is 5.78. The molecule has 0 spiro atoms. The second-order valence-electron chi connectivity index (χ2n) is 4.35. The molecule has 0 fully saturated rings. The van der Waals surface area contributed by atoms with E-state index in [1.807, 2.05) is 29.9 Å². The normalized spacial score (nSPS) is 12.4. The van der Waals surface area contributed by atoms with Gasteiger partial charge in [0.1, 0.15) is 0 Å². The Kier molecular flexibility index (Phi) is 3.51. The van der Waals surface area contributed by atoms with Gasteiger partial charge in [-0.15, -0.1) is 0 Å². The van der Waals surface area contributed by atoms with E-state index in [4.69, 9.17) is 11.6 Å². The highest BCUT2D eigenvalue weighted by Gasteiger charge is 2.35. The Morgan fingerprint density at radius 1 is 1.26 bits per heavy atom. The summed E-state index contributed by atoms with van der Waals surface area (Å²) in [6.07, 6.45) is -4.43. The highest BCUT2D eigenvalue weighted by Crippen LogP contribution is 2.36. The molecule has 0 N–H and O–H groups in total. The molecule has 0 bridgehead atoms. The first-order valence-electron chi connectivity index (χ1n) is 6.10. The molecule has 0 atom stereocenters. The molecule has 0 aliphatic carbocycles. The Labute approximate surface area is 114 Å². The van der Waals surface area contributed by atoms with Gasteiger partial charge >= 0.3 is 6.18 Å². The van der Waals surface area contributed by atoms with Crippen molar-refractivity contribution in [2.75, 3.05) is 0 Å². The fourth-order valence-electron chi connectivity index (χ4n) is 2.49. The summed E-state index contributed by atoms with van der Waals surface area (Å²) in [6, 6.07) is 2.54. The lowest BCUT2D eigenvalue weighted by Gasteiger charge is -2.08. The lowest BCUT2D eigenvalue weighted by Crippen LogP contribution is -2.35. The molecule has 6 heteroatoms. The van der Waals surface area contributed by atoms with Crippen LogP contribution < -0.4 is 4.57 Å². The minimum atomic E-state index is -4.43. The Morgan fingerprint density at radius 2 is 1.89 bits per heavy atom. The van der Waals surface area contributed by atoms with E-state index in [1.165, 1.54) is 6.07 Å². The molecule has 0 saturated carbocycles. The number of alkyl halides is 3. The molecule has 2 rings (SSSR count). The van der Waals surface area contributed by atoms with Gasteiger partial charge in [-0.05, 0) is 13.8 Å². The summed E-state index contributed by atoms with van der Waals surface area (Å²) < 4.78 is 42.5. The molecule has 0 aliphatic heterocycles. The molecule has 104 valence electrons. The zero-order chi connectivity index (χ0) is 14.4. The second-order valence-corrected chi connectivity index (χ2v) is 4.76. The van der Waals surface area contributed by atoms with Crippen molar-refractivity contribution in [3.63, 3.8) is 0 Å². The van der Waals surface area contributed by atoms with E-state index in [0.717, 1.165) is 17.4 Å². The van der Waals surface area contributed by atoms with Crippen LogP contribution in [-0.2, 0) is 19.3 Å². The predicted octanol–water partition coefficient (Wildman–Crippen LogP) is 3.95. The van der Waals surface area contributed by atoms with Gasteiger partial charge in [0.25, 0.3) is 5.82 Å². The van der Waals surface area contributed by atoms with Crippen molar-refractivity contribution in [3.8, 4) is 0 Å². The Morgan fingerprint density at radius 3 is 2.37 bits per heavy atom. The van der Waals surface area contributed by atoms with Gasteiger partial charge in [0.15, 0.2) is 11.0 Å². The predicted molar refractivity (Wildman–Crippen MR) is 68.2 cm³/mol. The molecule has 0 unspecified atom stereocenters. The maximum atomic E-state index is 12.9. The maximum absolute atomic E-state index is 12.9. The summed E-state index contributed by atoms with van der Waals surface area (Å²) in [5.41, 5.74) is 0.524. The van der Waals surface area contributed by atoms with Crippen LogP contribution >= 0.6 is 11.6 Å². The Bertz CT molecular complexity index is 629. The largest absolute Gasteiger partial charge is 0.418 e. The second kappa shape index (κ2) is 4.71.